The zero-order chi connectivity index (χ0) is 16.6. The van der Waals surface area contributed by atoms with E-state index in [0.717, 1.165) is 0 Å². The summed E-state index contributed by atoms with van der Waals surface area (Å²) >= 11 is 18.3. The molecule has 1 aromatic carbocycles. The number of esters is 1. The third-order valence-corrected chi connectivity index (χ3v) is 3.96. The fourth-order valence-electron chi connectivity index (χ4n) is 2.15. The van der Waals surface area contributed by atoms with Gasteiger partial charge in [0, 0.05) is 16.2 Å². The summed E-state index contributed by atoms with van der Waals surface area (Å²) < 4.78 is 6.50. The monoisotopic (exact) mass is 369 g/mol. The van der Waals surface area contributed by atoms with Crippen LogP contribution in [0, 0.1) is 0 Å². The Morgan fingerprint density at radius 2 is 1.87 bits per heavy atom. The molecule has 3 aromatic rings. The Balaban J connectivity index is 2.15. The summed E-state index contributed by atoms with van der Waals surface area (Å²) in [5, 5.41) is 5.99. The quantitative estimate of drug-likeness (QED) is 0.634. The number of ether oxygens (including phenoxy) is 1. The SMILES string of the molecule is CCOC(=O)c1cnc2c(cnn2-c2cc(Cl)cc(Cl)c2)c1Cl. The Morgan fingerprint density at radius 1 is 1.17 bits per heavy atom. The number of aromatic nitrogens is 3. The van der Waals surface area contributed by atoms with Crippen LogP contribution < -0.4 is 0 Å². The van der Waals surface area contributed by atoms with Gasteiger partial charge in [0.2, 0.25) is 0 Å². The lowest BCUT2D eigenvalue weighted by Gasteiger charge is -2.07. The van der Waals surface area contributed by atoms with Crippen molar-refractivity contribution in [3.8, 4) is 5.69 Å². The maximum absolute atomic E-state index is 11.9. The van der Waals surface area contributed by atoms with Crippen LogP contribution in [0.4, 0.5) is 0 Å². The summed E-state index contributed by atoms with van der Waals surface area (Å²) in [6.45, 7) is 1.98. The van der Waals surface area contributed by atoms with Crippen LogP contribution in [0.2, 0.25) is 15.1 Å². The first kappa shape index (κ1) is 16.1. The molecular weight excluding hydrogens is 361 g/mol. The number of halogens is 3. The normalized spacial score (nSPS) is 11.0. The zero-order valence-electron chi connectivity index (χ0n) is 11.9. The summed E-state index contributed by atoms with van der Waals surface area (Å²) in [5.74, 6) is -0.523. The van der Waals surface area contributed by atoms with Crippen molar-refractivity contribution in [2.45, 2.75) is 6.92 Å². The van der Waals surface area contributed by atoms with Crippen molar-refractivity contribution >= 4 is 51.8 Å². The fourth-order valence-corrected chi connectivity index (χ4v) is 2.92. The highest BCUT2D eigenvalue weighted by atomic mass is 35.5. The van der Waals surface area contributed by atoms with Gasteiger partial charge in [0.25, 0.3) is 0 Å². The Labute approximate surface area is 146 Å². The molecule has 2 aromatic heterocycles. The molecule has 23 heavy (non-hydrogen) atoms. The number of carbonyl (C=O) groups excluding carboxylic acids is 1. The van der Waals surface area contributed by atoms with Crippen molar-refractivity contribution in [2.24, 2.45) is 0 Å². The van der Waals surface area contributed by atoms with Gasteiger partial charge >= 0.3 is 5.97 Å². The first-order valence-electron chi connectivity index (χ1n) is 6.67. The summed E-state index contributed by atoms with van der Waals surface area (Å²) in [6, 6.07) is 5.03. The molecule has 0 unspecified atom stereocenters. The van der Waals surface area contributed by atoms with Gasteiger partial charge in [-0.1, -0.05) is 34.8 Å². The second-order valence-electron chi connectivity index (χ2n) is 4.63. The number of benzene rings is 1. The highest BCUT2D eigenvalue weighted by molar-refractivity contribution is 6.38. The molecule has 0 atom stereocenters. The lowest BCUT2D eigenvalue weighted by molar-refractivity contribution is 0.0526. The summed E-state index contributed by atoms with van der Waals surface area (Å²) in [7, 11) is 0. The molecule has 5 nitrogen and oxygen atoms in total. The van der Waals surface area contributed by atoms with Crippen LogP contribution in [-0.4, -0.2) is 27.3 Å². The van der Waals surface area contributed by atoms with Crippen LogP contribution in [0.1, 0.15) is 17.3 Å². The average molecular weight is 371 g/mol. The molecule has 0 fully saturated rings. The number of hydrogen-bond donors (Lipinski definition) is 0. The van der Waals surface area contributed by atoms with E-state index in [2.05, 4.69) is 10.1 Å². The molecule has 0 N–H and O–H groups in total. The minimum atomic E-state index is -0.523. The molecule has 0 saturated heterocycles. The topological polar surface area (TPSA) is 57.0 Å². The smallest absolute Gasteiger partial charge is 0.341 e. The molecule has 3 rings (SSSR count). The van der Waals surface area contributed by atoms with Crippen molar-refractivity contribution in [3.63, 3.8) is 0 Å². The molecule has 0 radical (unpaired) electrons. The lowest BCUT2D eigenvalue weighted by Crippen LogP contribution is -2.06. The third-order valence-electron chi connectivity index (χ3n) is 3.12. The summed E-state index contributed by atoms with van der Waals surface area (Å²) in [5.41, 5.74) is 1.33. The van der Waals surface area contributed by atoms with Gasteiger partial charge in [-0.05, 0) is 25.1 Å². The highest BCUT2D eigenvalue weighted by Crippen LogP contribution is 2.29. The Kier molecular flexibility index (Phi) is 4.43. The predicted octanol–water partition coefficient (Wildman–Crippen LogP) is 4.56. The molecule has 0 spiro atoms. The van der Waals surface area contributed by atoms with Gasteiger partial charge in [-0.3, -0.25) is 0 Å². The number of rotatable bonds is 3. The largest absolute Gasteiger partial charge is 0.462 e. The van der Waals surface area contributed by atoms with E-state index >= 15 is 0 Å². The maximum atomic E-state index is 11.9. The van der Waals surface area contributed by atoms with Gasteiger partial charge in [0.1, 0.15) is 0 Å². The molecule has 0 amide bonds. The predicted molar refractivity (Wildman–Crippen MR) is 89.9 cm³/mol. The van der Waals surface area contributed by atoms with Crippen molar-refractivity contribution in [2.75, 3.05) is 6.61 Å². The molecule has 2 heterocycles. The molecule has 8 heteroatoms. The highest BCUT2D eigenvalue weighted by Gasteiger charge is 2.18. The first-order valence-corrected chi connectivity index (χ1v) is 7.80. The second kappa shape index (κ2) is 6.35. The number of fused-ring (bicyclic) bond motifs is 1. The van der Waals surface area contributed by atoms with E-state index in [-0.39, 0.29) is 17.2 Å². The molecule has 0 aliphatic rings. The van der Waals surface area contributed by atoms with Crippen LogP contribution in [-0.2, 0) is 4.74 Å². The molecule has 118 valence electrons. The maximum Gasteiger partial charge on any atom is 0.341 e. The second-order valence-corrected chi connectivity index (χ2v) is 5.88. The van der Waals surface area contributed by atoms with Gasteiger partial charge in [-0.2, -0.15) is 5.10 Å². The van der Waals surface area contributed by atoms with Crippen LogP contribution in [0.25, 0.3) is 16.7 Å². The van der Waals surface area contributed by atoms with E-state index in [1.54, 1.807) is 29.8 Å². The summed E-state index contributed by atoms with van der Waals surface area (Å²) in [4.78, 5) is 16.1. The van der Waals surface area contributed by atoms with E-state index in [1.165, 1.54) is 12.4 Å². The van der Waals surface area contributed by atoms with Crippen molar-refractivity contribution in [1.82, 2.24) is 14.8 Å². The van der Waals surface area contributed by atoms with E-state index in [9.17, 15) is 4.79 Å². The average Bonchev–Trinajstić information content (AvgIpc) is 2.91. The van der Waals surface area contributed by atoms with Gasteiger partial charge in [0.05, 0.1) is 34.5 Å². The Hall–Kier alpha value is -1.82. The molecule has 0 aliphatic carbocycles. The minimum absolute atomic E-state index is 0.199. The van der Waals surface area contributed by atoms with Gasteiger partial charge in [0.15, 0.2) is 5.65 Å². The standard InChI is InChI=1S/C15H10Cl3N3O2/c1-2-23-15(22)12-6-19-14-11(13(12)18)7-20-21(14)10-4-8(16)3-9(17)5-10/h3-7H,2H2,1H3. The fraction of sp³-hybridized carbons (Fsp3) is 0.133. The van der Waals surface area contributed by atoms with Gasteiger partial charge in [-0.15, -0.1) is 0 Å². The molecule has 0 aliphatic heterocycles. The number of pyridine rings is 1. The number of nitrogens with zero attached hydrogens (tertiary/aromatic N) is 3. The van der Waals surface area contributed by atoms with Crippen LogP contribution >= 0.6 is 34.8 Å². The van der Waals surface area contributed by atoms with Crippen LogP contribution in [0.5, 0.6) is 0 Å². The summed E-state index contributed by atoms with van der Waals surface area (Å²) in [6.07, 6.45) is 2.90. The number of hydrogen-bond acceptors (Lipinski definition) is 4. The molecular formula is C15H10Cl3N3O2. The lowest BCUT2D eigenvalue weighted by atomic mass is 10.2. The third kappa shape index (κ3) is 3.00. The molecule has 0 saturated carbocycles. The zero-order valence-corrected chi connectivity index (χ0v) is 14.2. The van der Waals surface area contributed by atoms with Gasteiger partial charge < -0.3 is 4.74 Å². The minimum Gasteiger partial charge on any atom is -0.462 e. The van der Waals surface area contributed by atoms with Crippen LogP contribution in [0.3, 0.4) is 0 Å². The van der Waals surface area contributed by atoms with E-state index in [4.69, 9.17) is 39.5 Å². The van der Waals surface area contributed by atoms with Crippen molar-refractivity contribution < 1.29 is 9.53 Å². The van der Waals surface area contributed by atoms with Gasteiger partial charge in [-0.25, -0.2) is 14.5 Å². The van der Waals surface area contributed by atoms with E-state index in [0.29, 0.717) is 26.8 Å². The van der Waals surface area contributed by atoms with Crippen molar-refractivity contribution in [1.29, 1.82) is 0 Å². The Morgan fingerprint density at radius 3 is 2.52 bits per heavy atom. The first-order chi connectivity index (χ1) is 11.0. The van der Waals surface area contributed by atoms with Crippen LogP contribution in [0.15, 0.2) is 30.6 Å². The number of carbonyl (C=O) groups is 1. The van der Waals surface area contributed by atoms with Crippen molar-refractivity contribution in [3.05, 3.63) is 51.2 Å². The van der Waals surface area contributed by atoms with E-state index in [1.807, 2.05) is 0 Å². The molecule has 0 bridgehead atoms. The van der Waals surface area contributed by atoms with E-state index < -0.39 is 5.97 Å². The Bertz CT molecular complexity index is 888.